The highest BCUT2D eigenvalue weighted by Gasteiger charge is 2.07. The third-order valence-corrected chi connectivity index (χ3v) is 1.23. The summed E-state index contributed by atoms with van der Waals surface area (Å²) in [5.41, 5.74) is 5.71. The Morgan fingerprint density at radius 1 is 1.92 bits per heavy atom. The topological polar surface area (TPSA) is 96.7 Å². The summed E-state index contributed by atoms with van der Waals surface area (Å²) in [5.74, 6) is -0.263. The van der Waals surface area contributed by atoms with Crippen LogP contribution in [0.25, 0.3) is 0 Å². The van der Waals surface area contributed by atoms with Gasteiger partial charge in [0, 0.05) is 12.6 Å². The maximum absolute atomic E-state index is 11.1. The molecule has 0 aromatic carbocycles. The van der Waals surface area contributed by atoms with Crippen molar-refractivity contribution in [2.45, 2.75) is 13.0 Å². The monoisotopic (exact) mass is 169 g/mol. The molecule has 12 heavy (non-hydrogen) atoms. The lowest BCUT2D eigenvalue weighted by molar-refractivity contribution is 0.0946. The molecule has 6 heteroatoms. The van der Waals surface area contributed by atoms with Crippen LogP contribution in [0.4, 0.5) is 0 Å². The van der Waals surface area contributed by atoms with Crippen molar-refractivity contribution < 1.29 is 4.79 Å². The van der Waals surface area contributed by atoms with E-state index in [0.29, 0.717) is 6.54 Å². The van der Waals surface area contributed by atoms with Crippen LogP contribution in [0.1, 0.15) is 17.4 Å². The standard InChI is InChI=1S/C6H11N5O/c1-4(7)2-8-6(12)5-3-9-11-10-5/h3-4H,2,7H2,1H3,(H,8,12)(H,9,10,11). The fourth-order valence-electron chi connectivity index (χ4n) is 0.655. The fraction of sp³-hybridized carbons (Fsp3) is 0.500. The number of amides is 1. The quantitative estimate of drug-likeness (QED) is 0.534. The van der Waals surface area contributed by atoms with E-state index in [4.69, 9.17) is 5.73 Å². The van der Waals surface area contributed by atoms with E-state index in [0.717, 1.165) is 0 Å². The summed E-state index contributed by atoms with van der Waals surface area (Å²) in [7, 11) is 0. The fourth-order valence-corrected chi connectivity index (χ4v) is 0.655. The molecule has 1 atom stereocenters. The Morgan fingerprint density at radius 3 is 3.17 bits per heavy atom. The molecule has 0 aliphatic heterocycles. The zero-order valence-corrected chi connectivity index (χ0v) is 6.74. The summed E-state index contributed by atoms with van der Waals surface area (Å²) in [4.78, 5) is 11.1. The number of aromatic amines is 1. The molecule has 6 nitrogen and oxygen atoms in total. The van der Waals surface area contributed by atoms with Crippen molar-refractivity contribution in [2.75, 3.05) is 6.54 Å². The largest absolute Gasteiger partial charge is 0.349 e. The zero-order chi connectivity index (χ0) is 8.97. The number of nitrogens with two attached hydrogens (primary N) is 1. The van der Waals surface area contributed by atoms with Gasteiger partial charge in [0.2, 0.25) is 0 Å². The van der Waals surface area contributed by atoms with Gasteiger partial charge in [-0.25, -0.2) is 0 Å². The first kappa shape index (κ1) is 8.66. The molecular formula is C6H11N5O. The van der Waals surface area contributed by atoms with Gasteiger partial charge in [-0.05, 0) is 6.92 Å². The predicted molar refractivity (Wildman–Crippen MR) is 42.4 cm³/mol. The van der Waals surface area contributed by atoms with Crippen LogP contribution in [-0.4, -0.2) is 33.9 Å². The van der Waals surface area contributed by atoms with Gasteiger partial charge in [-0.1, -0.05) is 0 Å². The Balaban J connectivity index is 2.40. The Bertz CT molecular complexity index is 242. The molecule has 0 spiro atoms. The van der Waals surface area contributed by atoms with E-state index in [1.165, 1.54) is 6.20 Å². The van der Waals surface area contributed by atoms with Crippen molar-refractivity contribution in [1.29, 1.82) is 0 Å². The number of carbonyl (C=O) groups excluding carboxylic acids is 1. The number of nitrogens with zero attached hydrogens (tertiary/aromatic N) is 2. The van der Waals surface area contributed by atoms with Gasteiger partial charge < -0.3 is 11.1 Å². The van der Waals surface area contributed by atoms with Crippen molar-refractivity contribution in [2.24, 2.45) is 5.73 Å². The van der Waals surface area contributed by atoms with E-state index >= 15 is 0 Å². The smallest absolute Gasteiger partial charge is 0.273 e. The zero-order valence-electron chi connectivity index (χ0n) is 6.74. The van der Waals surface area contributed by atoms with Crippen molar-refractivity contribution in [1.82, 2.24) is 20.7 Å². The predicted octanol–water partition coefficient (Wildman–Crippen LogP) is -1.12. The van der Waals surface area contributed by atoms with E-state index in [9.17, 15) is 4.79 Å². The minimum absolute atomic E-state index is 0.0548. The molecule has 1 unspecified atom stereocenters. The average Bonchev–Trinajstić information content (AvgIpc) is 2.51. The number of aromatic nitrogens is 3. The van der Waals surface area contributed by atoms with Crippen LogP contribution in [-0.2, 0) is 0 Å². The van der Waals surface area contributed by atoms with Crippen LogP contribution >= 0.6 is 0 Å². The molecule has 1 heterocycles. The van der Waals surface area contributed by atoms with Crippen LogP contribution in [0.15, 0.2) is 6.20 Å². The normalized spacial score (nSPS) is 12.5. The van der Waals surface area contributed by atoms with Gasteiger partial charge in [0.05, 0.1) is 6.20 Å². The average molecular weight is 169 g/mol. The van der Waals surface area contributed by atoms with Gasteiger partial charge in [-0.3, -0.25) is 4.79 Å². The van der Waals surface area contributed by atoms with Crippen LogP contribution in [0.5, 0.6) is 0 Å². The van der Waals surface area contributed by atoms with E-state index in [-0.39, 0.29) is 17.6 Å². The van der Waals surface area contributed by atoms with Crippen LogP contribution in [0.3, 0.4) is 0 Å². The summed E-state index contributed by atoms with van der Waals surface area (Å²) < 4.78 is 0. The van der Waals surface area contributed by atoms with Crippen LogP contribution in [0.2, 0.25) is 0 Å². The number of rotatable bonds is 3. The Labute approximate surface area is 69.5 Å². The van der Waals surface area contributed by atoms with Gasteiger partial charge in [-0.15, -0.1) is 0 Å². The molecule has 1 aromatic heterocycles. The van der Waals surface area contributed by atoms with E-state index in [1.807, 2.05) is 6.92 Å². The van der Waals surface area contributed by atoms with Gasteiger partial charge in [0.25, 0.3) is 5.91 Å². The molecule has 66 valence electrons. The molecule has 0 saturated carbocycles. The van der Waals surface area contributed by atoms with Crippen molar-refractivity contribution in [3.63, 3.8) is 0 Å². The maximum Gasteiger partial charge on any atom is 0.273 e. The van der Waals surface area contributed by atoms with Gasteiger partial charge in [-0.2, -0.15) is 15.4 Å². The lowest BCUT2D eigenvalue weighted by Crippen LogP contribution is -2.35. The van der Waals surface area contributed by atoms with Crippen molar-refractivity contribution >= 4 is 5.91 Å². The first-order valence-electron chi connectivity index (χ1n) is 3.59. The number of H-pyrrole nitrogens is 1. The van der Waals surface area contributed by atoms with Crippen molar-refractivity contribution in [3.05, 3.63) is 11.9 Å². The number of hydrogen-bond acceptors (Lipinski definition) is 4. The molecule has 4 N–H and O–H groups in total. The minimum Gasteiger partial charge on any atom is -0.349 e. The Hall–Kier alpha value is -1.43. The molecule has 0 bridgehead atoms. The van der Waals surface area contributed by atoms with E-state index < -0.39 is 0 Å². The van der Waals surface area contributed by atoms with Gasteiger partial charge >= 0.3 is 0 Å². The van der Waals surface area contributed by atoms with Crippen molar-refractivity contribution in [3.8, 4) is 0 Å². The highest BCUT2D eigenvalue weighted by Crippen LogP contribution is 1.87. The first-order chi connectivity index (χ1) is 5.70. The second-order valence-corrected chi connectivity index (χ2v) is 2.54. The number of carbonyl (C=O) groups is 1. The summed E-state index contributed by atoms with van der Waals surface area (Å²) in [6.45, 7) is 2.24. The summed E-state index contributed by atoms with van der Waals surface area (Å²) in [6, 6.07) is -0.0548. The third kappa shape index (κ3) is 2.31. The number of nitrogens with one attached hydrogen (secondary N) is 2. The summed E-state index contributed by atoms with van der Waals surface area (Å²) >= 11 is 0. The molecule has 1 amide bonds. The van der Waals surface area contributed by atoms with Crippen LogP contribution < -0.4 is 11.1 Å². The molecule has 0 aliphatic carbocycles. The van der Waals surface area contributed by atoms with E-state index in [2.05, 4.69) is 20.7 Å². The Morgan fingerprint density at radius 2 is 2.67 bits per heavy atom. The highest BCUT2D eigenvalue weighted by molar-refractivity contribution is 5.91. The molecular weight excluding hydrogens is 158 g/mol. The lowest BCUT2D eigenvalue weighted by Gasteiger charge is -2.04. The minimum atomic E-state index is -0.263. The Kier molecular flexibility index (Phi) is 2.76. The molecule has 1 aromatic rings. The maximum atomic E-state index is 11.1. The third-order valence-electron chi connectivity index (χ3n) is 1.23. The molecule has 0 saturated heterocycles. The number of hydrogen-bond donors (Lipinski definition) is 3. The second kappa shape index (κ2) is 3.82. The SMILES string of the molecule is CC(N)CNC(=O)c1cn[nH]n1. The molecule has 0 aliphatic rings. The van der Waals surface area contributed by atoms with Gasteiger partial charge in [0.15, 0.2) is 5.69 Å². The summed E-state index contributed by atoms with van der Waals surface area (Å²) in [5, 5.41) is 12.1. The molecule has 1 rings (SSSR count). The molecule has 0 fully saturated rings. The highest BCUT2D eigenvalue weighted by atomic mass is 16.1. The first-order valence-corrected chi connectivity index (χ1v) is 3.59. The second-order valence-electron chi connectivity index (χ2n) is 2.54. The lowest BCUT2D eigenvalue weighted by atomic mass is 10.3. The van der Waals surface area contributed by atoms with E-state index in [1.54, 1.807) is 0 Å². The van der Waals surface area contributed by atoms with Gasteiger partial charge in [0.1, 0.15) is 0 Å². The molecule has 0 radical (unpaired) electrons. The van der Waals surface area contributed by atoms with Crippen LogP contribution in [0, 0.1) is 0 Å². The summed E-state index contributed by atoms with van der Waals surface area (Å²) in [6.07, 6.45) is 1.36.